The topological polar surface area (TPSA) is 95.2 Å². The molecule has 0 saturated carbocycles. The largest absolute Gasteiger partial charge is 0.497 e. The Bertz CT molecular complexity index is 1190. The van der Waals surface area contributed by atoms with Crippen LogP contribution in [-0.2, 0) is 23.6 Å². The molecule has 8 nitrogen and oxygen atoms in total. The van der Waals surface area contributed by atoms with Gasteiger partial charge in [-0.2, -0.15) is 0 Å². The lowest BCUT2D eigenvalue weighted by molar-refractivity contribution is 0.415. The number of sulfonamides is 1. The molecule has 0 fully saturated rings. The minimum atomic E-state index is -4.29. The Morgan fingerprint density at radius 3 is 2.48 bits per heavy atom. The Kier molecular flexibility index (Phi) is 5.80. The Morgan fingerprint density at radius 1 is 1.14 bits per heavy atom. The van der Waals surface area contributed by atoms with Crippen molar-refractivity contribution in [3.8, 4) is 17.1 Å². The van der Waals surface area contributed by atoms with Crippen LogP contribution in [0.25, 0.3) is 11.4 Å². The minimum Gasteiger partial charge on any atom is -0.497 e. The van der Waals surface area contributed by atoms with Crippen LogP contribution in [-0.4, -0.2) is 36.4 Å². The predicted molar refractivity (Wildman–Crippen MR) is 101 cm³/mol. The number of rotatable bonds is 7. The van der Waals surface area contributed by atoms with Crippen LogP contribution in [0.2, 0.25) is 0 Å². The second kappa shape index (κ2) is 8.13. The fourth-order valence-electron chi connectivity index (χ4n) is 2.67. The second-order valence-corrected chi connectivity index (χ2v) is 7.82. The monoisotopic (exact) mass is 424 g/mol. The first kappa shape index (κ1) is 20.7. The van der Waals surface area contributed by atoms with E-state index in [1.807, 2.05) is 0 Å². The molecule has 0 atom stereocenters. The highest BCUT2D eigenvalue weighted by Gasteiger charge is 2.20. The Balaban J connectivity index is 1.76. The lowest BCUT2D eigenvalue weighted by Gasteiger charge is -2.07. The van der Waals surface area contributed by atoms with Gasteiger partial charge in [0.25, 0.3) is 0 Å². The van der Waals surface area contributed by atoms with Crippen molar-refractivity contribution >= 4 is 10.0 Å². The molecule has 0 aliphatic rings. The molecule has 0 radical (unpaired) electrons. The molecular formula is C18H18F2N4O4S. The molecule has 0 bridgehead atoms. The maximum atomic E-state index is 13.7. The molecule has 1 N–H and O–H groups in total. The van der Waals surface area contributed by atoms with Crippen molar-refractivity contribution in [1.82, 2.24) is 19.1 Å². The van der Waals surface area contributed by atoms with Gasteiger partial charge < -0.3 is 4.74 Å². The first-order valence-electron chi connectivity index (χ1n) is 8.46. The van der Waals surface area contributed by atoms with Crippen LogP contribution >= 0.6 is 0 Å². The molecule has 3 rings (SSSR count). The number of nitrogens with zero attached hydrogens (tertiary/aromatic N) is 3. The van der Waals surface area contributed by atoms with Crippen LogP contribution in [0.4, 0.5) is 8.78 Å². The van der Waals surface area contributed by atoms with E-state index in [4.69, 9.17) is 4.74 Å². The Morgan fingerprint density at radius 2 is 1.83 bits per heavy atom. The van der Waals surface area contributed by atoms with Gasteiger partial charge in [-0.3, -0.25) is 4.57 Å². The Hall–Kier alpha value is -3.05. The molecule has 29 heavy (non-hydrogen) atoms. The van der Waals surface area contributed by atoms with E-state index >= 15 is 0 Å². The number of benzene rings is 2. The first-order valence-corrected chi connectivity index (χ1v) is 9.94. The molecule has 0 spiro atoms. The van der Waals surface area contributed by atoms with Crippen molar-refractivity contribution < 1.29 is 21.9 Å². The highest BCUT2D eigenvalue weighted by atomic mass is 32.2. The van der Waals surface area contributed by atoms with Crippen LogP contribution in [0.5, 0.6) is 5.75 Å². The van der Waals surface area contributed by atoms with Gasteiger partial charge in [0.05, 0.1) is 13.7 Å². The van der Waals surface area contributed by atoms with Gasteiger partial charge >= 0.3 is 5.69 Å². The first-order chi connectivity index (χ1) is 13.7. The summed E-state index contributed by atoms with van der Waals surface area (Å²) in [5, 5.41) is 4.22. The SMILES string of the molecule is COc1ccc(-c2nn(CCNS(=O)(=O)c3cc(F)ccc3F)c(=O)n2C)cc1. The van der Waals surface area contributed by atoms with Crippen LogP contribution < -0.4 is 15.1 Å². The van der Waals surface area contributed by atoms with E-state index in [0.717, 1.165) is 16.8 Å². The van der Waals surface area contributed by atoms with Crippen molar-refractivity contribution in [1.29, 1.82) is 0 Å². The van der Waals surface area contributed by atoms with E-state index < -0.39 is 32.2 Å². The van der Waals surface area contributed by atoms with Crippen molar-refractivity contribution in [2.24, 2.45) is 7.05 Å². The average molecular weight is 424 g/mol. The third kappa shape index (κ3) is 4.35. The van der Waals surface area contributed by atoms with Gasteiger partial charge in [-0.1, -0.05) is 0 Å². The smallest absolute Gasteiger partial charge is 0.345 e. The number of aromatic nitrogens is 3. The molecule has 0 aliphatic heterocycles. The van der Waals surface area contributed by atoms with Crippen LogP contribution in [0, 0.1) is 11.6 Å². The van der Waals surface area contributed by atoms with Crippen molar-refractivity contribution in [3.05, 3.63) is 64.6 Å². The average Bonchev–Trinajstić information content (AvgIpc) is 2.98. The molecule has 0 unspecified atom stereocenters. The molecule has 1 aromatic heterocycles. The summed E-state index contributed by atoms with van der Waals surface area (Å²) in [6.07, 6.45) is 0. The fourth-order valence-corrected chi connectivity index (χ4v) is 3.78. The number of hydrogen-bond acceptors (Lipinski definition) is 5. The van der Waals surface area contributed by atoms with E-state index in [9.17, 15) is 22.0 Å². The molecular weight excluding hydrogens is 406 g/mol. The van der Waals surface area contributed by atoms with E-state index in [1.165, 1.54) is 18.7 Å². The van der Waals surface area contributed by atoms with Gasteiger partial charge in [0.2, 0.25) is 10.0 Å². The van der Waals surface area contributed by atoms with Crippen LogP contribution in [0.15, 0.2) is 52.2 Å². The molecule has 0 saturated heterocycles. The summed E-state index contributed by atoms with van der Waals surface area (Å²) in [5.41, 5.74) is 0.221. The predicted octanol–water partition coefficient (Wildman–Crippen LogP) is 1.51. The minimum absolute atomic E-state index is 0.0982. The maximum absolute atomic E-state index is 13.7. The summed E-state index contributed by atoms with van der Waals surface area (Å²) >= 11 is 0. The van der Waals surface area contributed by atoms with E-state index in [-0.39, 0.29) is 13.1 Å². The molecule has 2 aromatic carbocycles. The highest BCUT2D eigenvalue weighted by molar-refractivity contribution is 7.89. The standard InChI is InChI=1S/C18H18F2N4O4S/c1-23-17(12-3-6-14(28-2)7-4-12)22-24(18(23)25)10-9-21-29(26,27)16-11-13(19)5-8-15(16)20/h3-8,11,21H,9-10H2,1-2H3. The van der Waals surface area contributed by atoms with E-state index in [0.29, 0.717) is 23.2 Å². The Labute approximate surface area is 165 Å². The van der Waals surface area contributed by atoms with Gasteiger partial charge in [-0.15, -0.1) is 5.10 Å². The number of nitrogens with one attached hydrogen (secondary N) is 1. The lowest BCUT2D eigenvalue weighted by Crippen LogP contribution is -2.32. The number of methoxy groups -OCH3 is 1. The normalized spacial score (nSPS) is 11.6. The van der Waals surface area contributed by atoms with E-state index in [2.05, 4.69) is 9.82 Å². The van der Waals surface area contributed by atoms with Crippen molar-refractivity contribution in [2.75, 3.05) is 13.7 Å². The zero-order valence-corrected chi connectivity index (χ0v) is 16.4. The number of hydrogen-bond donors (Lipinski definition) is 1. The molecule has 0 aliphatic carbocycles. The summed E-state index contributed by atoms with van der Waals surface area (Å²) in [6, 6.07) is 9.06. The molecule has 154 valence electrons. The van der Waals surface area contributed by atoms with Crippen LogP contribution in [0.3, 0.4) is 0 Å². The van der Waals surface area contributed by atoms with Gasteiger partial charge in [0.15, 0.2) is 5.82 Å². The summed E-state index contributed by atoms with van der Waals surface area (Å²) in [7, 11) is -1.21. The molecule has 0 amide bonds. The summed E-state index contributed by atoms with van der Waals surface area (Å²) in [5.74, 6) is -0.915. The molecule has 1 heterocycles. The summed E-state index contributed by atoms with van der Waals surface area (Å²) in [4.78, 5) is 11.6. The summed E-state index contributed by atoms with van der Waals surface area (Å²) < 4.78 is 61.0. The zero-order valence-electron chi connectivity index (χ0n) is 15.6. The van der Waals surface area contributed by atoms with Gasteiger partial charge in [-0.25, -0.2) is 31.4 Å². The number of ether oxygens (including phenoxy) is 1. The van der Waals surface area contributed by atoms with E-state index in [1.54, 1.807) is 24.3 Å². The van der Waals surface area contributed by atoms with Gasteiger partial charge in [-0.05, 0) is 42.5 Å². The second-order valence-electron chi connectivity index (χ2n) is 6.09. The van der Waals surface area contributed by atoms with Crippen molar-refractivity contribution in [2.45, 2.75) is 11.4 Å². The lowest BCUT2D eigenvalue weighted by atomic mass is 10.2. The van der Waals surface area contributed by atoms with Crippen LogP contribution in [0.1, 0.15) is 0 Å². The third-order valence-corrected chi connectivity index (χ3v) is 5.66. The zero-order chi connectivity index (χ0) is 21.2. The van der Waals surface area contributed by atoms with Crippen molar-refractivity contribution in [3.63, 3.8) is 0 Å². The quantitative estimate of drug-likeness (QED) is 0.621. The third-order valence-electron chi connectivity index (χ3n) is 4.19. The highest BCUT2D eigenvalue weighted by Crippen LogP contribution is 2.19. The molecule has 11 heteroatoms. The van der Waals surface area contributed by atoms with Gasteiger partial charge in [0.1, 0.15) is 22.3 Å². The summed E-state index contributed by atoms with van der Waals surface area (Å²) in [6.45, 7) is -0.337. The number of halogens is 2. The maximum Gasteiger partial charge on any atom is 0.345 e. The van der Waals surface area contributed by atoms with Gasteiger partial charge in [0, 0.05) is 19.2 Å². The molecule has 3 aromatic rings. The fraction of sp³-hybridized carbons (Fsp3) is 0.222.